The molecule has 2 aromatic rings. The average Bonchev–Trinajstić information content (AvgIpc) is 2.59. The quantitative estimate of drug-likeness (QED) is 0.817. The third kappa shape index (κ3) is 1.60. The Morgan fingerprint density at radius 2 is 2.12 bits per heavy atom. The van der Waals surface area contributed by atoms with Crippen molar-refractivity contribution in [3.8, 4) is 5.06 Å². The summed E-state index contributed by atoms with van der Waals surface area (Å²) in [6.45, 7) is 2.18. The van der Waals surface area contributed by atoms with E-state index in [-0.39, 0.29) is 0 Å². The highest BCUT2D eigenvalue weighted by atomic mass is 32.1. The molecule has 0 fully saturated rings. The minimum atomic E-state index is 1.01. The molecular weight excluding hydrogens is 218 g/mol. The lowest BCUT2D eigenvalue weighted by Gasteiger charge is -2.05. The number of methoxy groups -OCH3 is 1. The van der Waals surface area contributed by atoms with Crippen LogP contribution in [0, 0.1) is 0 Å². The first-order valence-electron chi connectivity index (χ1n) is 5.67. The van der Waals surface area contributed by atoms with Crippen molar-refractivity contribution in [2.45, 2.75) is 12.8 Å². The molecule has 1 aromatic heterocycles. The molecule has 2 heterocycles. The van der Waals surface area contributed by atoms with Crippen LogP contribution in [0.3, 0.4) is 0 Å². The van der Waals surface area contributed by atoms with Crippen molar-refractivity contribution in [1.82, 2.24) is 5.32 Å². The van der Waals surface area contributed by atoms with Crippen LogP contribution in [-0.2, 0) is 12.8 Å². The Labute approximate surface area is 99.2 Å². The lowest BCUT2D eigenvalue weighted by Crippen LogP contribution is -2.16. The zero-order valence-electron chi connectivity index (χ0n) is 9.38. The summed E-state index contributed by atoms with van der Waals surface area (Å²) in [6, 6.07) is 6.69. The lowest BCUT2D eigenvalue weighted by atomic mass is 9.99. The van der Waals surface area contributed by atoms with Crippen molar-refractivity contribution in [1.29, 1.82) is 0 Å². The molecule has 1 aliphatic heterocycles. The van der Waals surface area contributed by atoms with Gasteiger partial charge in [0, 0.05) is 4.70 Å². The fourth-order valence-electron chi connectivity index (χ4n) is 2.38. The van der Waals surface area contributed by atoms with Crippen LogP contribution in [0.25, 0.3) is 10.1 Å². The molecule has 1 aliphatic rings. The fourth-order valence-corrected chi connectivity index (χ4v) is 3.29. The number of thiophene rings is 1. The van der Waals surface area contributed by atoms with Crippen molar-refractivity contribution in [3.63, 3.8) is 0 Å². The van der Waals surface area contributed by atoms with E-state index in [4.69, 9.17) is 4.74 Å². The van der Waals surface area contributed by atoms with Crippen LogP contribution >= 0.6 is 11.3 Å². The summed E-state index contributed by atoms with van der Waals surface area (Å²) in [4.78, 5) is 0. The molecule has 0 radical (unpaired) electrons. The van der Waals surface area contributed by atoms with E-state index < -0.39 is 0 Å². The number of ether oxygens (including phenoxy) is 1. The smallest absolute Gasteiger partial charge is 0.174 e. The first-order chi connectivity index (χ1) is 7.88. The van der Waals surface area contributed by atoms with Gasteiger partial charge in [0.05, 0.1) is 7.11 Å². The number of hydrogen-bond donors (Lipinski definition) is 1. The first-order valence-corrected chi connectivity index (χ1v) is 6.49. The van der Waals surface area contributed by atoms with Crippen molar-refractivity contribution < 1.29 is 4.74 Å². The van der Waals surface area contributed by atoms with E-state index in [2.05, 4.69) is 23.5 Å². The minimum absolute atomic E-state index is 1.01. The monoisotopic (exact) mass is 233 g/mol. The summed E-state index contributed by atoms with van der Waals surface area (Å²) in [7, 11) is 1.74. The zero-order chi connectivity index (χ0) is 11.0. The van der Waals surface area contributed by atoms with Gasteiger partial charge in [0.15, 0.2) is 5.06 Å². The van der Waals surface area contributed by atoms with Crippen LogP contribution in [0.5, 0.6) is 5.06 Å². The lowest BCUT2D eigenvalue weighted by molar-refractivity contribution is 0.427. The summed E-state index contributed by atoms with van der Waals surface area (Å²) in [6.07, 6.45) is 2.27. The van der Waals surface area contributed by atoms with Gasteiger partial charge in [0.1, 0.15) is 0 Å². The van der Waals surface area contributed by atoms with Gasteiger partial charge in [-0.3, -0.25) is 0 Å². The Bertz CT molecular complexity index is 518. The molecule has 0 bridgehead atoms. The highest BCUT2D eigenvalue weighted by molar-refractivity contribution is 7.20. The summed E-state index contributed by atoms with van der Waals surface area (Å²) in [5.74, 6) is 0. The van der Waals surface area contributed by atoms with Gasteiger partial charge in [-0.15, -0.1) is 0 Å². The van der Waals surface area contributed by atoms with Crippen molar-refractivity contribution in [2.75, 3.05) is 20.2 Å². The van der Waals surface area contributed by atoms with Crippen LogP contribution in [-0.4, -0.2) is 20.2 Å². The number of rotatable bonds is 1. The normalized spacial score (nSPS) is 15.8. The zero-order valence-corrected chi connectivity index (χ0v) is 10.2. The molecule has 1 aromatic carbocycles. The van der Waals surface area contributed by atoms with Gasteiger partial charge >= 0.3 is 0 Å². The maximum Gasteiger partial charge on any atom is 0.174 e. The molecular formula is C13H15NOS. The maximum atomic E-state index is 5.32. The Kier molecular flexibility index (Phi) is 2.58. The number of fused-ring (bicyclic) bond motifs is 3. The molecule has 16 heavy (non-hydrogen) atoms. The van der Waals surface area contributed by atoms with Crippen LogP contribution in [0.4, 0.5) is 0 Å². The van der Waals surface area contributed by atoms with E-state index in [0.717, 1.165) is 31.0 Å². The summed E-state index contributed by atoms with van der Waals surface area (Å²) in [5, 5.41) is 5.86. The topological polar surface area (TPSA) is 21.3 Å². The molecule has 0 spiro atoms. The standard InChI is InChI=1S/C13H15NOS/c1-15-13-8-11-10-5-7-14-6-4-9(10)2-3-12(11)16-13/h2-3,8,14H,4-7H2,1H3. The highest BCUT2D eigenvalue weighted by Crippen LogP contribution is 2.35. The molecule has 1 N–H and O–H groups in total. The van der Waals surface area contributed by atoms with Crippen molar-refractivity contribution >= 4 is 21.4 Å². The van der Waals surface area contributed by atoms with E-state index in [1.165, 1.54) is 21.2 Å². The van der Waals surface area contributed by atoms with Gasteiger partial charge in [0.2, 0.25) is 0 Å². The second kappa shape index (κ2) is 4.07. The van der Waals surface area contributed by atoms with Gasteiger partial charge in [-0.25, -0.2) is 0 Å². The van der Waals surface area contributed by atoms with E-state index in [9.17, 15) is 0 Å². The molecule has 84 valence electrons. The third-order valence-corrected chi connectivity index (χ3v) is 4.27. The average molecular weight is 233 g/mol. The minimum Gasteiger partial charge on any atom is -0.487 e. The van der Waals surface area contributed by atoms with Crippen LogP contribution in [0.15, 0.2) is 18.2 Å². The molecule has 0 amide bonds. The van der Waals surface area contributed by atoms with Crippen LogP contribution in [0.2, 0.25) is 0 Å². The highest BCUT2D eigenvalue weighted by Gasteiger charge is 2.13. The molecule has 2 nitrogen and oxygen atoms in total. The molecule has 3 rings (SSSR count). The summed E-state index contributed by atoms with van der Waals surface area (Å²) >= 11 is 1.73. The number of nitrogens with one attached hydrogen (secondary N) is 1. The second-order valence-electron chi connectivity index (χ2n) is 4.13. The Hall–Kier alpha value is -1.06. The van der Waals surface area contributed by atoms with Gasteiger partial charge in [-0.1, -0.05) is 17.4 Å². The maximum absolute atomic E-state index is 5.32. The molecule has 3 heteroatoms. The van der Waals surface area contributed by atoms with Gasteiger partial charge in [-0.05, 0) is 54.6 Å². The van der Waals surface area contributed by atoms with E-state index in [0.29, 0.717) is 0 Å². The molecule has 0 unspecified atom stereocenters. The third-order valence-electron chi connectivity index (χ3n) is 3.21. The predicted octanol–water partition coefficient (Wildman–Crippen LogP) is 2.60. The SMILES string of the molecule is COc1cc2c3c(ccc2s1)CCNCC3. The van der Waals surface area contributed by atoms with Gasteiger partial charge < -0.3 is 10.1 Å². The molecule has 0 aliphatic carbocycles. The fraction of sp³-hybridized carbons (Fsp3) is 0.385. The van der Waals surface area contributed by atoms with Crippen LogP contribution < -0.4 is 10.1 Å². The largest absolute Gasteiger partial charge is 0.487 e. The number of hydrogen-bond acceptors (Lipinski definition) is 3. The van der Waals surface area contributed by atoms with Gasteiger partial charge in [-0.2, -0.15) is 0 Å². The molecule has 0 saturated heterocycles. The second-order valence-corrected chi connectivity index (χ2v) is 5.18. The van der Waals surface area contributed by atoms with E-state index >= 15 is 0 Å². The molecule has 0 saturated carbocycles. The Morgan fingerprint density at radius 3 is 3.00 bits per heavy atom. The van der Waals surface area contributed by atoms with Gasteiger partial charge in [0.25, 0.3) is 0 Å². The Balaban J connectivity index is 2.20. The van der Waals surface area contributed by atoms with Crippen LogP contribution in [0.1, 0.15) is 11.1 Å². The number of benzene rings is 1. The van der Waals surface area contributed by atoms with E-state index in [1.807, 2.05) is 0 Å². The summed E-state index contributed by atoms with van der Waals surface area (Å²) in [5.41, 5.74) is 3.01. The summed E-state index contributed by atoms with van der Waals surface area (Å²) < 4.78 is 6.67. The molecule has 0 atom stereocenters. The first kappa shape index (κ1) is 10.1. The Morgan fingerprint density at radius 1 is 1.25 bits per heavy atom. The van der Waals surface area contributed by atoms with Crippen molar-refractivity contribution in [3.05, 3.63) is 29.3 Å². The van der Waals surface area contributed by atoms with E-state index in [1.54, 1.807) is 18.4 Å². The predicted molar refractivity (Wildman–Crippen MR) is 68.7 cm³/mol. The van der Waals surface area contributed by atoms with Crippen molar-refractivity contribution in [2.24, 2.45) is 0 Å².